The van der Waals surface area contributed by atoms with E-state index >= 15 is 0 Å². The van der Waals surface area contributed by atoms with E-state index in [0.29, 0.717) is 48.0 Å². The lowest BCUT2D eigenvalue weighted by atomic mass is 9.75. The van der Waals surface area contributed by atoms with Gasteiger partial charge in [0.15, 0.2) is 5.78 Å². The molecule has 0 spiro atoms. The fourth-order valence-electron chi connectivity index (χ4n) is 3.85. The van der Waals surface area contributed by atoms with Crippen molar-refractivity contribution in [2.24, 2.45) is 11.3 Å². The van der Waals surface area contributed by atoms with E-state index in [1.165, 1.54) is 10.6 Å². The lowest BCUT2D eigenvalue weighted by Gasteiger charge is -2.32. The first-order chi connectivity index (χ1) is 14.1. The zero-order valence-electron chi connectivity index (χ0n) is 18.4. The Morgan fingerprint density at radius 2 is 1.83 bits per heavy atom. The van der Waals surface area contributed by atoms with Gasteiger partial charge in [0.2, 0.25) is 0 Å². The molecule has 3 rings (SSSR count). The maximum Gasteiger partial charge on any atom is 0.268 e. The van der Waals surface area contributed by atoms with Crippen molar-refractivity contribution in [3.05, 3.63) is 57.5 Å². The van der Waals surface area contributed by atoms with E-state index in [2.05, 4.69) is 19.2 Å². The van der Waals surface area contributed by atoms with Crippen LogP contribution in [0.5, 0.6) is 5.75 Å². The number of fused-ring (bicyclic) bond motifs is 1. The third-order valence-corrected chi connectivity index (χ3v) is 5.47. The largest absolute Gasteiger partial charge is 0.497 e. The molecule has 0 fully saturated rings. The summed E-state index contributed by atoms with van der Waals surface area (Å²) in [5.74, 6) is 0.622. The molecular formula is C24H30N2O4. The van der Waals surface area contributed by atoms with Crippen molar-refractivity contribution in [3.8, 4) is 11.4 Å². The van der Waals surface area contributed by atoms with Crippen molar-refractivity contribution in [3.63, 3.8) is 0 Å². The highest BCUT2D eigenvalue weighted by molar-refractivity contribution is 6.02. The molecule has 1 N–H and O–H groups in total. The Bertz CT molecular complexity index is 1020. The lowest BCUT2D eigenvalue weighted by molar-refractivity contribution is 0.0908. The summed E-state index contributed by atoms with van der Waals surface area (Å²) in [6, 6.07) is 8.55. The molecule has 1 aliphatic rings. The van der Waals surface area contributed by atoms with Gasteiger partial charge in [-0.2, -0.15) is 0 Å². The number of hydrogen-bond donors (Lipinski definition) is 1. The number of hydrogen-bond acceptors (Lipinski definition) is 4. The number of benzene rings is 1. The van der Waals surface area contributed by atoms with Gasteiger partial charge >= 0.3 is 0 Å². The second-order valence-electron chi connectivity index (χ2n) is 9.14. The number of amides is 1. The summed E-state index contributed by atoms with van der Waals surface area (Å²) in [5, 5.41) is 2.82. The van der Waals surface area contributed by atoms with Crippen LogP contribution >= 0.6 is 0 Å². The van der Waals surface area contributed by atoms with Crippen LogP contribution in [0.3, 0.4) is 0 Å². The molecule has 0 atom stereocenters. The SMILES string of the molecule is COc1ccc(-n2c3c(cc(C(=O)NCCC(C)C)c2=O)C(=O)CC(C)(C)C3)cc1. The molecule has 0 radical (unpaired) electrons. The van der Waals surface area contributed by atoms with Crippen molar-refractivity contribution >= 4 is 11.7 Å². The minimum Gasteiger partial charge on any atom is -0.497 e. The summed E-state index contributed by atoms with van der Waals surface area (Å²) in [7, 11) is 1.58. The minimum absolute atomic E-state index is 0.00128. The zero-order chi connectivity index (χ0) is 22.1. The predicted molar refractivity (Wildman–Crippen MR) is 117 cm³/mol. The molecule has 1 amide bonds. The second-order valence-corrected chi connectivity index (χ2v) is 9.14. The predicted octanol–water partition coefficient (Wildman–Crippen LogP) is 3.78. The van der Waals surface area contributed by atoms with Gasteiger partial charge in [0, 0.05) is 29.9 Å². The van der Waals surface area contributed by atoms with Crippen molar-refractivity contribution < 1.29 is 14.3 Å². The fourth-order valence-corrected chi connectivity index (χ4v) is 3.85. The number of methoxy groups -OCH3 is 1. The number of aromatic nitrogens is 1. The van der Waals surface area contributed by atoms with E-state index in [0.717, 1.165) is 6.42 Å². The van der Waals surface area contributed by atoms with Crippen molar-refractivity contribution in [2.45, 2.75) is 47.0 Å². The summed E-state index contributed by atoms with van der Waals surface area (Å²) in [6.07, 6.45) is 1.77. The number of ether oxygens (including phenoxy) is 1. The number of ketones is 1. The first-order valence-corrected chi connectivity index (χ1v) is 10.4. The van der Waals surface area contributed by atoms with Crippen LogP contribution in [-0.2, 0) is 6.42 Å². The molecule has 1 aromatic carbocycles. The standard InChI is InChI=1S/C24H30N2O4/c1-15(2)10-11-25-22(28)19-12-18-20(13-24(3,4)14-21(18)27)26(23(19)29)16-6-8-17(30-5)9-7-16/h6-9,12,15H,10-11,13-14H2,1-5H3,(H,25,28). The highest BCUT2D eigenvalue weighted by Gasteiger charge is 2.35. The number of pyridine rings is 1. The Hall–Kier alpha value is -2.89. The number of carbonyl (C=O) groups excluding carboxylic acids is 2. The molecule has 1 heterocycles. The quantitative estimate of drug-likeness (QED) is 0.786. The monoisotopic (exact) mass is 410 g/mol. The summed E-state index contributed by atoms with van der Waals surface area (Å²) >= 11 is 0. The van der Waals surface area contributed by atoms with Crippen LogP contribution in [0.25, 0.3) is 5.69 Å². The average molecular weight is 411 g/mol. The molecule has 0 unspecified atom stereocenters. The molecule has 6 nitrogen and oxygen atoms in total. The Balaban J connectivity index is 2.15. The highest BCUT2D eigenvalue weighted by atomic mass is 16.5. The molecular weight excluding hydrogens is 380 g/mol. The van der Waals surface area contributed by atoms with Crippen LogP contribution < -0.4 is 15.6 Å². The van der Waals surface area contributed by atoms with E-state index in [-0.39, 0.29) is 16.8 Å². The van der Waals surface area contributed by atoms with E-state index in [1.807, 2.05) is 13.8 Å². The van der Waals surface area contributed by atoms with Gasteiger partial charge < -0.3 is 10.1 Å². The number of nitrogens with one attached hydrogen (secondary N) is 1. The van der Waals surface area contributed by atoms with Crippen LogP contribution in [0.2, 0.25) is 0 Å². The summed E-state index contributed by atoms with van der Waals surface area (Å²) < 4.78 is 6.74. The van der Waals surface area contributed by atoms with Gasteiger partial charge in [-0.3, -0.25) is 19.0 Å². The van der Waals surface area contributed by atoms with Gasteiger partial charge in [-0.25, -0.2) is 0 Å². The molecule has 6 heteroatoms. The Morgan fingerprint density at radius 1 is 1.17 bits per heavy atom. The van der Waals surface area contributed by atoms with Gasteiger partial charge in [0.05, 0.1) is 7.11 Å². The van der Waals surface area contributed by atoms with Crippen molar-refractivity contribution in [2.75, 3.05) is 13.7 Å². The molecule has 1 aliphatic carbocycles. The van der Waals surface area contributed by atoms with Crippen molar-refractivity contribution in [1.82, 2.24) is 9.88 Å². The Morgan fingerprint density at radius 3 is 2.43 bits per heavy atom. The maximum atomic E-state index is 13.4. The van der Waals surface area contributed by atoms with Crippen LogP contribution in [0.4, 0.5) is 0 Å². The van der Waals surface area contributed by atoms with E-state index in [4.69, 9.17) is 4.74 Å². The topological polar surface area (TPSA) is 77.4 Å². The molecule has 160 valence electrons. The third kappa shape index (κ3) is 4.48. The minimum atomic E-state index is -0.441. The molecule has 2 aromatic rings. The van der Waals surface area contributed by atoms with Gasteiger partial charge in [-0.15, -0.1) is 0 Å². The van der Waals surface area contributed by atoms with E-state index in [9.17, 15) is 14.4 Å². The highest BCUT2D eigenvalue weighted by Crippen LogP contribution is 2.35. The first-order valence-electron chi connectivity index (χ1n) is 10.4. The van der Waals surface area contributed by atoms with Crippen LogP contribution in [0.1, 0.15) is 66.9 Å². The molecule has 1 aromatic heterocycles. The second kappa shape index (κ2) is 8.46. The van der Waals surface area contributed by atoms with Crippen molar-refractivity contribution in [1.29, 1.82) is 0 Å². The first kappa shape index (κ1) is 21.8. The summed E-state index contributed by atoms with van der Waals surface area (Å²) in [4.78, 5) is 39.1. The van der Waals surface area contributed by atoms with Gasteiger partial charge in [-0.1, -0.05) is 27.7 Å². The number of Topliss-reactive ketones (excluding diaryl/α,β-unsaturated/α-hetero) is 1. The summed E-state index contributed by atoms with van der Waals surface area (Å²) in [6.45, 7) is 8.66. The van der Waals surface area contributed by atoms with Crippen LogP contribution in [0, 0.1) is 11.3 Å². The van der Waals surface area contributed by atoms with Gasteiger partial charge in [0.1, 0.15) is 11.3 Å². The van der Waals surface area contributed by atoms with E-state index in [1.54, 1.807) is 31.4 Å². The molecule has 0 aliphatic heterocycles. The maximum absolute atomic E-state index is 13.4. The average Bonchev–Trinajstić information content (AvgIpc) is 2.66. The normalized spacial score (nSPS) is 15.1. The van der Waals surface area contributed by atoms with E-state index < -0.39 is 11.5 Å². The smallest absolute Gasteiger partial charge is 0.268 e. The van der Waals surface area contributed by atoms with Gasteiger partial charge in [0.25, 0.3) is 11.5 Å². The number of rotatable bonds is 6. The van der Waals surface area contributed by atoms with Gasteiger partial charge in [-0.05, 0) is 54.5 Å². The number of carbonyl (C=O) groups is 2. The molecule has 0 saturated carbocycles. The molecule has 30 heavy (non-hydrogen) atoms. The van der Waals surface area contributed by atoms with Crippen LogP contribution in [0.15, 0.2) is 35.1 Å². The number of nitrogens with zero attached hydrogens (tertiary/aromatic N) is 1. The Kier molecular flexibility index (Phi) is 6.15. The zero-order valence-corrected chi connectivity index (χ0v) is 18.4. The molecule has 0 saturated heterocycles. The Labute approximate surface area is 177 Å². The molecule has 0 bridgehead atoms. The summed E-state index contributed by atoms with van der Waals surface area (Å²) in [5.41, 5.74) is 1.06. The lowest BCUT2D eigenvalue weighted by Crippen LogP contribution is -2.39. The van der Waals surface area contributed by atoms with Crippen LogP contribution in [-0.4, -0.2) is 29.9 Å². The third-order valence-electron chi connectivity index (χ3n) is 5.47. The fraction of sp³-hybridized carbons (Fsp3) is 0.458.